The second kappa shape index (κ2) is 7.40. The molecule has 0 amide bonds. The number of hydrogen-bond donors (Lipinski definition) is 1. The van der Waals surface area contributed by atoms with Crippen molar-refractivity contribution in [2.75, 3.05) is 26.3 Å². The third-order valence-electron chi connectivity index (χ3n) is 4.93. The van der Waals surface area contributed by atoms with Crippen LogP contribution >= 0.6 is 0 Å². The van der Waals surface area contributed by atoms with Crippen LogP contribution in [-0.4, -0.2) is 39.6 Å². The van der Waals surface area contributed by atoms with Crippen molar-refractivity contribution in [2.45, 2.75) is 11.4 Å². The first-order chi connectivity index (χ1) is 13.0. The lowest BCUT2D eigenvalue weighted by atomic mass is 9.95. The van der Waals surface area contributed by atoms with E-state index in [2.05, 4.69) is 11.0 Å². The van der Waals surface area contributed by atoms with Gasteiger partial charge in [0, 0.05) is 30.6 Å². The molecule has 0 aromatic heterocycles. The number of nitrogens with two attached hydrogens (primary N) is 1. The van der Waals surface area contributed by atoms with E-state index in [0.717, 1.165) is 29.6 Å². The zero-order chi connectivity index (χ0) is 18.9. The van der Waals surface area contributed by atoms with Crippen LogP contribution in [0.15, 0.2) is 65.6 Å². The molecule has 0 radical (unpaired) electrons. The molecule has 3 aromatic carbocycles. The number of fused-ring (bicyclic) bond motifs is 1. The molecule has 6 heteroatoms. The molecule has 2 N–H and O–H groups in total. The van der Waals surface area contributed by atoms with E-state index in [1.165, 1.54) is 0 Å². The zero-order valence-corrected chi connectivity index (χ0v) is 15.8. The molecule has 0 spiro atoms. The number of ether oxygens (including phenoxy) is 1. The molecule has 140 valence electrons. The van der Waals surface area contributed by atoms with Gasteiger partial charge < -0.3 is 4.74 Å². The van der Waals surface area contributed by atoms with Crippen molar-refractivity contribution in [1.29, 1.82) is 0 Å². The van der Waals surface area contributed by atoms with Crippen molar-refractivity contribution in [2.24, 2.45) is 5.14 Å². The number of morpholine rings is 1. The highest BCUT2D eigenvalue weighted by atomic mass is 32.2. The van der Waals surface area contributed by atoms with Crippen molar-refractivity contribution in [1.82, 2.24) is 4.90 Å². The lowest BCUT2D eigenvalue weighted by molar-refractivity contribution is 0.0342. The molecule has 1 fully saturated rings. The molecular formula is C21H22N2O3S. The summed E-state index contributed by atoms with van der Waals surface area (Å²) in [5, 5.41) is 7.24. The van der Waals surface area contributed by atoms with Crippen LogP contribution < -0.4 is 5.14 Å². The summed E-state index contributed by atoms with van der Waals surface area (Å²) in [6.45, 7) is 3.69. The summed E-state index contributed by atoms with van der Waals surface area (Å²) in [6.07, 6.45) is 0. The summed E-state index contributed by atoms with van der Waals surface area (Å²) < 4.78 is 30.7. The summed E-state index contributed by atoms with van der Waals surface area (Å²) in [5.74, 6) is 0. The van der Waals surface area contributed by atoms with Gasteiger partial charge in [0.2, 0.25) is 10.0 Å². The van der Waals surface area contributed by atoms with Crippen LogP contribution in [0.5, 0.6) is 0 Å². The Morgan fingerprint density at radius 3 is 2.33 bits per heavy atom. The summed E-state index contributed by atoms with van der Waals surface area (Å²) >= 11 is 0. The van der Waals surface area contributed by atoms with Gasteiger partial charge in [0.1, 0.15) is 0 Å². The molecule has 0 saturated carbocycles. The van der Waals surface area contributed by atoms with Gasteiger partial charge in [0.25, 0.3) is 0 Å². The Labute approximate surface area is 159 Å². The van der Waals surface area contributed by atoms with Gasteiger partial charge in [0.05, 0.1) is 18.1 Å². The van der Waals surface area contributed by atoms with Crippen molar-refractivity contribution < 1.29 is 13.2 Å². The van der Waals surface area contributed by atoms with Gasteiger partial charge in [0.15, 0.2) is 0 Å². The number of rotatable bonds is 4. The fourth-order valence-corrected chi connectivity index (χ4v) is 4.74. The smallest absolute Gasteiger partial charge is 0.239 e. The molecule has 4 rings (SSSR count). The van der Waals surface area contributed by atoms with Gasteiger partial charge in [-0.3, -0.25) is 4.90 Å². The summed E-state index contributed by atoms with van der Waals surface area (Å²) in [6, 6.07) is 19.2. The first-order valence-corrected chi connectivity index (χ1v) is 10.5. The first-order valence-electron chi connectivity index (χ1n) is 8.97. The third-order valence-corrected chi connectivity index (χ3v) is 5.92. The van der Waals surface area contributed by atoms with E-state index in [1.54, 1.807) is 0 Å². The van der Waals surface area contributed by atoms with Gasteiger partial charge in [-0.15, -0.1) is 0 Å². The topological polar surface area (TPSA) is 72.6 Å². The average molecular weight is 382 g/mol. The monoisotopic (exact) mass is 382 g/mol. The van der Waals surface area contributed by atoms with Gasteiger partial charge >= 0.3 is 0 Å². The highest BCUT2D eigenvalue weighted by molar-refractivity contribution is 7.89. The minimum absolute atomic E-state index is 0.204. The van der Waals surface area contributed by atoms with E-state index < -0.39 is 10.0 Å². The van der Waals surface area contributed by atoms with Gasteiger partial charge in [-0.25, -0.2) is 13.6 Å². The first kappa shape index (κ1) is 18.1. The number of benzene rings is 3. The summed E-state index contributed by atoms with van der Waals surface area (Å²) in [4.78, 5) is 2.49. The fraction of sp³-hybridized carbons (Fsp3) is 0.238. The van der Waals surface area contributed by atoms with Crippen LogP contribution in [0.1, 0.15) is 5.56 Å². The molecule has 0 aliphatic carbocycles. The molecule has 1 aliphatic heterocycles. The van der Waals surface area contributed by atoms with Crippen molar-refractivity contribution >= 4 is 20.8 Å². The molecule has 5 nitrogen and oxygen atoms in total. The Bertz CT molecular complexity index is 1060. The number of primary sulfonamides is 1. The SMILES string of the molecule is NS(=O)(=O)c1c(-c2ccccc2)c(CN2CCOCC2)cc2ccccc12. The predicted octanol–water partition coefficient (Wildman–Crippen LogP) is 2.99. The molecular weight excluding hydrogens is 360 g/mol. The van der Waals surface area contributed by atoms with Crippen molar-refractivity contribution in [3.63, 3.8) is 0 Å². The third kappa shape index (κ3) is 3.75. The zero-order valence-electron chi connectivity index (χ0n) is 15.0. The maximum Gasteiger partial charge on any atom is 0.239 e. The largest absolute Gasteiger partial charge is 0.379 e. The lowest BCUT2D eigenvalue weighted by Gasteiger charge is -2.28. The van der Waals surface area contributed by atoms with Crippen LogP contribution in [0, 0.1) is 0 Å². The Hall–Kier alpha value is -2.25. The second-order valence-electron chi connectivity index (χ2n) is 6.76. The van der Waals surface area contributed by atoms with E-state index in [4.69, 9.17) is 9.88 Å². The minimum atomic E-state index is -3.91. The fourth-order valence-electron chi connectivity index (χ4n) is 3.71. The van der Waals surface area contributed by atoms with E-state index in [0.29, 0.717) is 30.7 Å². The maximum absolute atomic E-state index is 12.6. The number of sulfonamides is 1. The second-order valence-corrected chi connectivity index (χ2v) is 8.26. The number of nitrogens with zero attached hydrogens (tertiary/aromatic N) is 1. The molecule has 0 atom stereocenters. The highest BCUT2D eigenvalue weighted by Crippen LogP contribution is 2.37. The van der Waals surface area contributed by atoms with E-state index in [1.807, 2.05) is 54.6 Å². The van der Waals surface area contributed by atoms with Gasteiger partial charge in [-0.1, -0.05) is 54.6 Å². The molecule has 1 saturated heterocycles. The molecule has 27 heavy (non-hydrogen) atoms. The lowest BCUT2D eigenvalue weighted by Crippen LogP contribution is -2.35. The van der Waals surface area contributed by atoms with Crippen LogP contribution in [-0.2, 0) is 21.3 Å². The Balaban J connectivity index is 2.00. The predicted molar refractivity (Wildman–Crippen MR) is 107 cm³/mol. The molecule has 3 aromatic rings. The molecule has 0 unspecified atom stereocenters. The molecule has 1 heterocycles. The van der Waals surface area contributed by atoms with Gasteiger partial charge in [-0.2, -0.15) is 0 Å². The van der Waals surface area contributed by atoms with Crippen molar-refractivity contribution in [3.05, 3.63) is 66.2 Å². The molecule has 1 aliphatic rings. The average Bonchev–Trinajstić information content (AvgIpc) is 2.67. The van der Waals surface area contributed by atoms with Crippen molar-refractivity contribution in [3.8, 4) is 11.1 Å². The Kier molecular flexibility index (Phi) is 4.97. The quantitative estimate of drug-likeness (QED) is 0.753. The highest BCUT2D eigenvalue weighted by Gasteiger charge is 2.24. The van der Waals surface area contributed by atoms with Crippen LogP contribution in [0.25, 0.3) is 21.9 Å². The van der Waals surface area contributed by atoms with E-state index in [-0.39, 0.29) is 4.90 Å². The Morgan fingerprint density at radius 2 is 1.63 bits per heavy atom. The number of hydrogen-bond acceptors (Lipinski definition) is 4. The summed E-state index contributed by atoms with van der Waals surface area (Å²) in [5.41, 5.74) is 2.52. The van der Waals surface area contributed by atoms with Crippen LogP contribution in [0.3, 0.4) is 0 Å². The minimum Gasteiger partial charge on any atom is -0.379 e. The van der Waals surface area contributed by atoms with E-state index >= 15 is 0 Å². The van der Waals surface area contributed by atoms with Crippen LogP contribution in [0.4, 0.5) is 0 Å². The Morgan fingerprint density at radius 1 is 0.963 bits per heavy atom. The van der Waals surface area contributed by atoms with Gasteiger partial charge in [-0.05, 0) is 22.6 Å². The van der Waals surface area contributed by atoms with E-state index in [9.17, 15) is 8.42 Å². The van der Waals surface area contributed by atoms with Crippen LogP contribution in [0.2, 0.25) is 0 Å². The summed E-state index contributed by atoms with van der Waals surface area (Å²) in [7, 11) is -3.91. The molecule has 0 bridgehead atoms. The maximum atomic E-state index is 12.6. The standard InChI is InChI=1S/C21H22N2O3S/c22-27(24,25)21-19-9-5-4-8-17(19)14-18(15-23-10-12-26-13-11-23)20(21)16-6-2-1-3-7-16/h1-9,14H,10-13,15H2,(H2,22,24,25). The normalized spacial score (nSPS) is 15.9.